The van der Waals surface area contributed by atoms with Crippen LogP contribution in [0.15, 0.2) is 41.0 Å². The van der Waals surface area contributed by atoms with Crippen LogP contribution in [-0.4, -0.2) is 16.3 Å². The summed E-state index contributed by atoms with van der Waals surface area (Å²) in [7, 11) is 0. The number of halogens is 4. The minimum atomic E-state index is -4.45. The first-order chi connectivity index (χ1) is 10.5. The summed E-state index contributed by atoms with van der Waals surface area (Å²) >= 11 is 3.24. The fourth-order valence-electron chi connectivity index (χ4n) is 1.97. The predicted molar refractivity (Wildman–Crippen MR) is 84.2 cm³/mol. The molecule has 0 aliphatic heterocycles. The van der Waals surface area contributed by atoms with E-state index in [1.54, 1.807) is 26.8 Å². The molecule has 0 N–H and O–H groups in total. The van der Waals surface area contributed by atoms with Crippen LogP contribution in [0.2, 0.25) is 0 Å². The van der Waals surface area contributed by atoms with E-state index in [2.05, 4.69) is 15.9 Å². The molecule has 0 spiro atoms. The second-order valence-corrected chi connectivity index (χ2v) is 6.89. The highest BCUT2D eigenvalue weighted by Gasteiger charge is 2.31. The lowest BCUT2D eigenvalue weighted by molar-refractivity contribution is -0.137. The van der Waals surface area contributed by atoms with E-state index in [0.717, 1.165) is 12.1 Å². The lowest BCUT2D eigenvalue weighted by Gasteiger charge is -2.20. The highest BCUT2D eigenvalue weighted by Crippen LogP contribution is 2.33. The van der Waals surface area contributed by atoms with Gasteiger partial charge in [-0.2, -0.15) is 13.2 Å². The van der Waals surface area contributed by atoms with Crippen molar-refractivity contribution in [1.29, 1.82) is 0 Å². The first kappa shape index (κ1) is 17.6. The third-order valence-electron chi connectivity index (χ3n) is 2.86. The maximum atomic E-state index is 12.9. The van der Waals surface area contributed by atoms with Crippen molar-refractivity contribution in [2.45, 2.75) is 32.5 Å². The molecule has 7 heteroatoms. The third kappa shape index (κ3) is 4.37. The number of hydrogen-bond donors (Lipinski definition) is 0. The van der Waals surface area contributed by atoms with Gasteiger partial charge in [-0.05, 0) is 60.5 Å². The van der Waals surface area contributed by atoms with Gasteiger partial charge in [-0.3, -0.25) is 4.57 Å². The average Bonchev–Trinajstić information content (AvgIpc) is 2.78. The normalized spacial score (nSPS) is 12.3. The minimum absolute atomic E-state index is 0.274. The third-order valence-corrected chi connectivity index (χ3v) is 3.30. The highest BCUT2D eigenvalue weighted by atomic mass is 79.9. The molecule has 2 rings (SSSR count). The quantitative estimate of drug-likeness (QED) is 0.624. The summed E-state index contributed by atoms with van der Waals surface area (Å²) in [6.45, 7) is 5.15. The van der Waals surface area contributed by atoms with E-state index >= 15 is 0 Å². The molecule has 0 aliphatic rings. The molecule has 0 amide bonds. The highest BCUT2D eigenvalue weighted by molar-refractivity contribution is 9.10. The van der Waals surface area contributed by atoms with E-state index in [0.29, 0.717) is 10.2 Å². The van der Waals surface area contributed by atoms with Gasteiger partial charge in [-0.25, -0.2) is 4.79 Å². The molecule has 0 radical (unpaired) electrons. The summed E-state index contributed by atoms with van der Waals surface area (Å²) < 4.78 is 45.6. The van der Waals surface area contributed by atoms with Crippen LogP contribution < -0.4 is 0 Å². The Morgan fingerprint density at radius 1 is 1.17 bits per heavy atom. The zero-order chi connectivity index (χ0) is 17.4. The van der Waals surface area contributed by atoms with Crippen LogP contribution in [0.25, 0.3) is 11.3 Å². The Morgan fingerprint density at radius 3 is 2.39 bits per heavy atom. The molecule has 0 saturated carbocycles. The smallest absolute Gasteiger partial charge is 0.419 e. The van der Waals surface area contributed by atoms with Crippen LogP contribution in [0.4, 0.5) is 18.0 Å². The fraction of sp³-hybridized carbons (Fsp3) is 0.312. The standard InChI is InChI=1S/C16H15BrF3NO2/c1-15(2,3)23-14(22)21-9-12(17)8-13(21)10-5-4-6-11(7-10)16(18,19)20/h4-9H,1-3H3. The Balaban J connectivity index is 2.47. The predicted octanol–water partition coefficient (Wildman–Crippen LogP) is 5.72. The summed E-state index contributed by atoms with van der Waals surface area (Å²) in [4.78, 5) is 12.2. The van der Waals surface area contributed by atoms with E-state index in [9.17, 15) is 18.0 Å². The second-order valence-electron chi connectivity index (χ2n) is 5.97. The Labute approximate surface area is 140 Å². The molecular formula is C16H15BrF3NO2. The number of hydrogen-bond acceptors (Lipinski definition) is 2. The van der Waals surface area contributed by atoms with E-state index in [1.165, 1.54) is 22.9 Å². The molecule has 0 atom stereocenters. The van der Waals surface area contributed by atoms with E-state index in [1.807, 2.05) is 0 Å². The molecule has 3 nitrogen and oxygen atoms in total. The molecule has 0 bridgehead atoms. The van der Waals surface area contributed by atoms with Crippen LogP contribution in [0, 0.1) is 0 Å². The van der Waals surface area contributed by atoms with Crippen molar-refractivity contribution in [2.75, 3.05) is 0 Å². The van der Waals surface area contributed by atoms with Crippen molar-refractivity contribution in [2.24, 2.45) is 0 Å². The monoisotopic (exact) mass is 389 g/mol. The Hall–Kier alpha value is -1.76. The number of rotatable bonds is 1. The first-order valence-electron chi connectivity index (χ1n) is 6.76. The van der Waals surface area contributed by atoms with Crippen LogP contribution in [-0.2, 0) is 10.9 Å². The molecule has 0 unspecified atom stereocenters. The number of benzene rings is 1. The topological polar surface area (TPSA) is 31.2 Å². The van der Waals surface area contributed by atoms with Gasteiger partial charge in [0.2, 0.25) is 0 Å². The van der Waals surface area contributed by atoms with Gasteiger partial charge in [0.05, 0.1) is 11.3 Å². The zero-order valence-electron chi connectivity index (χ0n) is 12.7. The fourth-order valence-corrected chi connectivity index (χ4v) is 2.39. The Kier molecular flexibility index (Phi) is 4.61. The lowest BCUT2D eigenvalue weighted by Crippen LogP contribution is -2.27. The van der Waals surface area contributed by atoms with Gasteiger partial charge < -0.3 is 4.74 Å². The average molecular weight is 390 g/mol. The molecule has 23 heavy (non-hydrogen) atoms. The van der Waals surface area contributed by atoms with Gasteiger partial charge in [0.25, 0.3) is 0 Å². The number of ether oxygens (including phenoxy) is 1. The number of nitrogens with zero attached hydrogens (tertiary/aromatic N) is 1. The van der Waals surface area contributed by atoms with Gasteiger partial charge in [0.1, 0.15) is 5.60 Å². The Morgan fingerprint density at radius 2 is 1.83 bits per heavy atom. The van der Waals surface area contributed by atoms with Crippen LogP contribution in [0.3, 0.4) is 0 Å². The number of alkyl halides is 3. The largest absolute Gasteiger partial charge is 0.443 e. The molecule has 1 aromatic heterocycles. The van der Waals surface area contributed by atoms with Crippen LogP contribution in [0.5, 0.6) is 0 Å². The van der Waals surface area contributed by atoms with Crippen LogP contribution in [0.1, 0.15) is 26.3 Å². The van der Waals surface area contributed by atoms with Crippen molar-refractivity contribution in [3.8, 4) is 11.3 Å². The Bertz CT molecular complexity index is 730. The van der Waals surface area contributed by atoms with Crippen molar-refractivity contribution in [3.05, 3.63) is 46.6 Å². The molecule has 0 fully saturated rings. The maximum Gasteiger partial charge on any atom is 0.419 e. The van der Waals surface area contributed by atoms with Crippen molar-refractivity contribution < 1.29 is 22.7 Å². The van der Waals surface area contributed by atoms with Gasteiger partial charge in [-0.15, -0.1) is 0 Å². The molecule has 2 aromatic rings. The molecule has 0 aliphatic carbocycles. The first-order valence-corrected chi connectivity index (χ1v) is 7.55. The van der Waals surface area contributed by atoms with Crippen molar-refractivity contribution in [3.63, 3.8) is 0 Å². The van der Waals surface area contributed by atoms with E-state index in [4.69, 9.17) is 4.74 Å². The van der Waals surface area contributed by atoms with E-state index in [-0.39, 0.29) is 5.56 Å². The van der Waals surface area contributed by atoms with Crippen LogP contribution >= 0.6 is 15.9 Å². The lowest BCUT2D eigenvalue weighted by atomic mass is 10.1. The second kappa shape index (κ2) is 6.03. The SMILES string of the molecule is CC(C)(C)OC(=O)n1cc(Br)cc1-c1cccc(C(F)(F)F)c1. The van der Waals surface area contributed by atoms with Crippen molar-refractivity contribution in [1.82, 2.24) is 4.57 Å². The molecular weight excluding hydrogens is 375 g/mol. The van der Waals surface area contributed by atoms with E-state index < -0.39 is 23.4 Å². The molecule has 1 heterocycles. The minimum Gasteiger partial charge on any atom is -0.443 e. The number of aromatic nitrogens is 1. The summed E-state index contributed by atoms with van der Waals surface area (Å²) in [5.41, 5.74) is -0.893. The summed E-state index contributed by atoms with van der Waals surface area (Å²) in [6, 6.07) is 6.37. The molecule has 124 valence electrons. The summed E-state index contributed by atoms with van der Waals surface area (Å²) in [5, 5.41) is 0. The summed E-state index contributed by atoms with van der Waals surface area (Å²) in [6.07, 6.45) is -3.64. The summed E-state index contributed by atoms with van der Waals surface area (Å²) in [5.74, 6) is 0. The van der Waals surface area contributed by atoms with Gasteiger partial charge in [-0.1, -0.05) is 12.1 Å². The number of carbonyl (C=O) groups is 1. The maximum absolute atomic E-state index is 12.9. The zero-order valence-corrected chi connectivity index (χ0v) is 14.3. The van der Waals surface area contributed by atoms with Crippen molar-refractivity contribution >= 4 is 22.0 Å². The molecule has 1 aromatic carbocycles. The van der Waals surface area contributed by atoms with Gasteiger partial charge in [0, 0.05) is 10.7 Å². The van der Waals surface area contributed by atoms with Gasteiger partial charge in [0.15, 0.2) is 0 Å². The van der Waals surface area contributed by atoms with Gasteiger partial charge >= 0.3 is 12.3 Å². The molecule has 0 saturated heterocycles. The number of carbonyl (C=O) groups excluding carboxylic acids is 1.